The van der Waals surface area contributed by atoms with Gasteiger partial charge in [0, 0.05) is 23.2 Å². The first-order chi connectivity index (χ1) is 8.91. The number of hydrogen-bond acceptors (Lipinski definition) is 3. The molecule has 0 saturated carbocycles. The molecule has 1 heterocycles. The third-order valence-electron chi connectivity index (χ3n) is 3.59. The summed E-state index contributed by atoms with van der Waals surface area (Å²) in [6.07, 6.45) is 2.95. The maximum absolute atomic E-state index is 12.6. The number of rotatable bonds is 2. The standard InChI is InChI=1S/C13H19BrN2O2S/c1-10-3-2-7-16(8-6-10)19(17,18)11-4-5-13(15)12(14)9-11/h4-5,9-10H,2-3,6-8,15H2,1H3. The molecule has 0 bridgehead atoms. The van der Waals surface area contributed by atoms with Crippen LogP contribution in [0.15, 0.2) is 27.6 Å². The highest BCUT2D eigenvalue weighted by Crippen LogP contribution is 2.27. The Morgan fingerprint density at radius 1 is 1.32 bits per heavy atom. The summed E-state index contributed by atoms with van der Waals surface area (Å²) in [5.41, 5.74) is 6.24. The molecule has 1 fully saturated rings. The van der Waals surface area contributed by atoms with Gasteiger partial charge in [0.05, 0.1) is 4.90 Å². The Hall–Kier alpha value is -0.590. The van der Waals surface area contributed by atoms with Gasteiger partial charge >= 0.3 is 0 Å². The molecule has 6 heteroatoms. The van der Waals surface area contributed by atoms with E-state index in [1.54, 1.807) is 22.5 Å². The molecule has 4 nitrogen and oxygen atoms in total. The number of hydrogen-bond donors (Lipinski definition) is 1. The van der Waals surface area contributed by atoms with Crippen LogP contribution in [0.1, 0.15) is 26.2 Å². The third kappa shape index (κ3) is 3.30. The lowest BCUT2D eigenvalue weighted by atomic mass is 10.0. The summed E-state index contributed by atoms with van der Waals surface area (Å²) >= 11 is 3.28. The Morgan fingerprint density at radius 3 is 2.74 bits per heavy atom. The van der Waals surface area contributed by atoms with Crippen molar-refractivity contribution in [2.75, 3.05) is 18.8 Å². The van der Waals surface area contributed by atoms with Gasteiger partial charge in [0.2, 0.25) is 10.0 Å². The van der Waals surface area contributed by atoms with Gasteiger partial charge in [-0.1, -0.05) is 6.92 Å². The van der Waals surface area contributed by atoms with Gasteiger partial charge < -0.3 is 5.73 Å². The summed E-state index contributed by atoms with van der Waals surface area (Å²) in [4.78, 5) is 0.308. The highest BCUT2D eigenvalue weighted by atomic mass is 79.9. The van der Waals surface area contributed by atoms with Crippen molar-refractivity contribution in [3.05, 3.63) is 22.7 Å². The number of benzene rings is 1. The SMILES string of the molecule is CC1CCCN(S(=O)(=O)c2ccc(N)c(Br)c2)CC1. The Kier molecular flexibility index (Phi) is 4.53. The van der Waals surface area contributed by atoms with Crippen LogP contribution in [0.3, 0.4) is 0 Å². The molecule has 106 valence electrons. The van der Waals surface area contributed by atoms with Crippen LogP contribution in [0.25, 0.3) is 0 Å². The maximum Gasteiger partial charge on any atom is 0.243 e. The van der Waals surface area contributed by atoms with Gasteiger partial charge in [-0.3, -0.25) is 0 Å². The van der Waals surface area contributed by atoms with E-state index in [-0.39, 0.29) is 0 Å². The molecular weight excluding hydrogens is 328 g/mol. The number of nitrogens with two attached hydrogens (primary N) is 1. The number of halogens is 1. The Labute approximate surface area is 123 Å². The summed E-state index contributed by atoms with van der Waals surface area (Å²) in [6, 6.07) is 4.78. The van der Waals surface area contributed by atoms with E-state index in [9.17, 15) is 8.42 Å². The maximum atomic E-state index is 12.6. The minimum atomic E-state index is -3.40. The first kappa shape index (κ1) is 14.8. The molecule has 2 N–H and O–H groups in total. The van der Waals surface area contributed by atoms with E-state index in [1.807, 2.05) is 0 Å². The van der Waals surface area contributed by atoms with Crippen LogP contribution in [-0.4, -0.2) is 25.8 Å². The third-order valence-corrected chi connectivity index (χ3v) is 6.17. The van der Waals surface area contributed by atoms with Gasteiger partial charge in [0.25, 0.3) is 0 Å². The Morgan fingerprint density at radius 2 is 2.05 bits per heavy atom. The molecule has 1 aromatic carbocycles. The van der Waals surface area contributed by atoms with Crippen molar-refractivity contribution >= 4 is 31.6 Å². The van der Waals surface area contributed by atoms with Crippen LogP contribution in [0.4, 0.5) is 5.69 Å². The van der Waals surface area contributed by atoms with Crippen LogP contribution in [-0.2, 0) is 10.0 Å². The summed E-state index contributed by atoms with van der Waals surface area (Å²) in [7, 11) is -3.40. The van der Waals surface area contributed by atoms with Crippen molar-refractivity contribution in [3.63, 3.8) is 0 Å². The largest absolute Gasteiger partial charge is 0.398 e. The predicted octanol–water partition coefficient (Wildman–Crippen LogP) is 2.84. The molecule has 1 atom stereocenters. The average Bonchev–Trinajstić information content (AvgIpc) is 2.57. The second kappa shape index (κ2) is 5.81. The number of nitrogen functional groups attached to an aromatic ring is 1. The predicted molar refractivity (Wildman–Crippen MR) is 80.3 cm³/mol. The van der Waals surface area contributed by atoms with E-state index >= 15 is 0 Å². The minimum absolute atomic E-state index is 0.308. The molecule has 1 aromatic rings. The van der Waals surface area contributed by atoms with Gasteiger partial charge in [-0.15, -0.1) is 0 Å². The van der Waals surface area contributed by atoms with E-state index in [0.29, 0.717) is 34.1 Å². The molecule has 1 aliphatic rings. The summed E-state index contributed by atoms with van der Waals surface area (Å²) < 4.78 is 27.4. The van der Waals surface area contributed by atoms with Gasteiger partial charge in [-0.25, -0.2) is 8.42 Å². The van der Waals surface area contributed by atoms with Crippen LogP contribution in [0, 0.1) is 5.92 Å². The average molecular weight is 347 g/mol. The fourth-order valence-electron chi connectivity index (χ4n) is 2.29. The van der Waals surface area contributed by atoms with Crippen LogP contribution in [0.5, 0.6) is 0 Å². The monoisotopic (exact) mass is 346 g/mol. The smallest absolute Gasteiger partial charge is 0.243 e. The van der Waals surface area contributed by atoms with Gasteiger partial charge in [-0.05, 0) is 59.3 Å². The highest BCUT2D eigenvalue weighted by molar-refractivity contribution is 9.10. The second-order valence-electron chi connectivity index (χ2n) is 5.12. The molecule has 0 amide bonds. The number of nitrogens with zero attached hydrogens (tertiary/aromatic N) is 1. The molecule has 0 aromatic heterocycles. The number of anilines is 1. The van der Waals surface area contributed by atoms with Crippen molar-refractivity contribution in [1.82, 2.24) is 4.31 Å². The normalized spacial score (nSPS) is 22.1. The molecular formula is C13H19BrN2O2S. The zero-order valence-corrected chi connectivity index (χ0v) is 13.4. The molecule has 0 aliphatic carbocycles. The fourth-order valence-corrected chi connectivity index (χ4v) is 4.34. The van der Waals surface area contributed by atoms with Gasteiger partial charge in [0.15, 0.2) is 0 Å². The quantitative estimate of drug-likeness (QED) is 0.837. The lowest BCUT2D eigenvalue weighted by molar-refractivity contribution is 0.417. The molecule has 0 radical (unpaired) electrons. The first-order valence-corrected chi connectivity index (χ1v) is 8.70. The molecule has 1 saturated heterocycles. The lowest BCUT2D eigenvalue weighted by Crippen LogP contribution is -2.32. The van der Waals surface area contributed by atoms with E-state index in [1.165, 1.54) is 0 Å². The van der Waals surface area contributed by atoms with E-state index in [2.05, 4.69) is 22.9 Å². The Bertz CT molecular complexity index is 560. The van der Waals surface area contributed by atoms with Crippen molar-refractivity contribution in [2.24, 2.45) is 5.92 Å². The van der Waals surface area contributed by atoms with Gasteiger partial charge in [0.1, 0.15) is 0 Å². The van der Waals surface area contributed by atoms with Crippen LogP contribution < -0.4 is 5.73 Å². The topological polar surface area (TPSA) is 63.4 Å². The van der Waals surface area contributed by atoms with Crippen molar-refractivity contribution in [2.45, 2.75) is 31.1 Å². The second-order valence-corrected chi connectivity index (χ2v) is 7.92. The summed E-state index contributed by atoms with van der Waals surface area (Å²) in [5.74, 6) is 0.596. The van der Waals surface area contributed by atoms with Crippen LogP contribution >= 0.6 is 15.9 Å². The van der Waals surface area contributed by atoms with E-state index < -0.39 is 10.0 Å². The van der Waals surface area contributed by atoms with E-state index in [4.69, 9.17) is 5.73 Å². The summed E-state index contributed by atoms with van der Waals surface area (Å²) in [5, 5.41) is 0. The van der Waals surface area contributed by atoms with E-state index in [0.717, 1.165) is 19.3 Å². The zero-order chi connectivity index (χ0) is 14.0. The molecule has 19 heavy (non-hydrogen) atoms. The molecule has 1 aliphatic heterocycles. The fraction of sp³-hybridized carbons (Fsp3) is 0.538. The zero-order valence-electron chi connectivity index (χ0n) is 11.0. The van der Waals surface area contributed by atoms with Crippen molar-refractivity contribution < 1.29 is 8.42 Å². The Balaban J connectivity index is 2.28. The van der Waals surface area contributed by atoms with Crippen molar-refractivity contribution in [1.29, 1.82) is 0 Å². The summed E-state index contributed by atoms with van der Waals surface area (Å²) in [6.45, 7) is 3.39. The molecule has 1 unspecified atom stereocenters. The van der Waals surface area contributed by atoms with Crippen molar-refractivity contribution in [3.8, 4) is 0 Å². The number of sulfonamides is 1. The van der Waals surface area contributed by atoms with Gasteiger partial charge in [-0.2, -0.15) is 4.31 Å². The lowest BCUT2D eigenvalue weighted by Gasteiger charge is -2.20. The molecule has 0 spiro atoms. The molecule has 2 rings (SSSR count). The van der Waals surface area contributed by atoms with Crippen LogP contribution in [0.2, 0.25) is 0 Å². The highest BCUT2D eigenvalue weighted by Gasteiger charge is 2.26. The first-order valence-electron chi connectivity index (χ1n) is 6.46. The minimum Gasteiger partial charge on any atom is -0.398 e.